The van der Waals surface area contributed by atoms with Crippen LogP contribution >= 0.6 is 0 Å². The Kier molecular flexibility index (Phi) is 6.04. The molecule has 0 saturated carbocycles. The van der Waals surface area contributed by atoms with Crippen molar-refractivity contribution in [2.24, 2.45) is 5.92 Å². The highest BCUT2D eigenvalue weighted by Crippen LogP contribution is 2.33. The van der Waals surface area contributed by atoms with Gasteiger partial charge in [-0.25, -0.2) is 4.79 Å². The van der Waals surface area contributed by atoms with E-state index >= 15 is 0 Å². The number of fused-ring (bicyclic) bond motifs is 1. The van der Waals surface area contributed by atoms with Gasteiger partial charge in [0.2, 0.25) is 0 Å². The van der Waals surface area contributed by atoms with E-state index in [4.69, 9.17) is 14.3 Å². The first kappa shape index (κ1) is 17.3. The summed E-state index contributed by atoms with van der Waals surface area (Å²) in [6.07, 6.45) is 3.00. The van der Waals surface area contributed by atoms with Gasteiger partial charge < -0.3 is 19.4 Å². The second-order valence-corrected chi connectivity index (χ2v) is 5.87. The van der Waals surface area contributed by atoms with Crippen LogP contribution in [0.4, 0.5) is 0 Å². The molecule has 0 spiro atoms. The highest BCUT2D eigenvalue weighted by Gasteiger charge is 2.18. The van der Waals surface area contributed by atoms with E-state index < -0.39 is 5.63 Å². The van der Waals surface area contributed by atoms with Gasteiger partial charge in [-0.05, 0) is 24.5 Å². The van der Waals surface area contributed by atoms with Gasteiger partial charge in [-0.2, -0.15) is 0 Å². The third-order valence-corrected chi connectivity index (χ3v) is 3.86. The van der Waals surface area contributed by atoms with Crippen LogP contribution < -0.4 is 10.4 Å². The van der Waals surface area contributed by atoms with Crippen molar-refractivity contribution in [1.29, 1.82) is 0 Å². The molecule has 1 heterocycles. The minimum absolute atomic E-state index is 0.0215. The van der Waals surface area contributed by atoms with E-state index in [-0.39, 0.29) is 17.9 Å². The zero-order chi connectivity index (χ0) is 16.8. The summed E-state index contributed by atoms with van der Waals surface area (Å²) in [5.74, 6) is 0.679. The molecule has 2 rings (SSSR count). The molecule has 5 nitrogen and oxygen atoms in total. The van der Waals surface area contributed by atoms with Gasteiger partial charge in [0, 0.05) is 13.0 Å². The SMILES string of the molecule is CCCC(C)Cc1c(O)c2cccc(OCCCO)c2oc1=O. The molecule has 1 aromatic heterocycles. The Morgan fingerprint density at radius 1 is 1.35 bits per heavy atom. The lowest BCUT2D eigenvalue weighted by atomic mass is 9.96. The molecule has 1 unspecified atom stereocenters. The smallest absolute Gasteiger partial charge is 0.343 e. The molecule has 126 valence electrons. The van der Waals surface area contributed by atoms with Crippen molar-refractivity contribution >= 4 is 11.0 Å². The fourth-order valence-electron chi connectivity index (χ4n) is 2.70. The standard InChI is InChI=1S/C18H24O5/c1-3-6-12(2)11-14-16(20)13-7-4-8-15(22-10-5-9-19)17(13)23-18(14)21/h4,7-8,12,19-20H,3,5-6,9-11H2,1-2H3. The number of para-hydroxylation sites is 1. The number of ether oxygens (including phenoxy) is 1. The summed E-state index contributed by atoms with van der Waals surface area (Å²) in [4.78, 5) is 12.3. The van der Waals surface area contributed by atoms with Crippen molar-refractivity contribution in [1.82, 2.24) is 0 Å². The topological polar surface area (TPSA) is 79.9 Å². The molecule has 2 aromatic rings. The summed E-state index contributed by atoms with van der Waals surface area (Å²) in [6.45, 7) is 4.49. The Bertz CT molecular complexity index is 704. The van der Waals surface area contributed by atoms with Crippen molar-refractivity contribution in [3.8, 4) is 11.5 Å². The Hall–Kier alpha value is -2.01. The number of aliphatic hydroxyl groups excluding tert-OH is 1. The number of aromatic hydroxyl groups is 1. The van der Waals surface area contributed by atoms with Gasteiger partial charge >= 0.3 is 5.63 Å². The van der Waals surface area contributed by atoms with Gasteiger partial charge in [0.1, 0.15) is 5.75 Å². The molecule has 1 atom stereocenters. The monoisotopic (exact) mass is 320 g/mol. The molecule has 0 bridgehead atoms. The normalized spacial score (nSPS) is 12.5. The fraction of sp³-hybridized carbons (Fsp3) is 0.500. The van der Waals surface area contributed by atoms with Crippen molar-refractivity contribution in [2.75, 3.05) is 13.2 Å². The van der Waals surface area contributed by atoms with Crippen LogP contribution in [0.2, 0.25) is 0 Å². The summed E-state index contributed by atoms with van der Waals surface area (Å²) >= 11 is 0. The third kappa shape index (κ3) is 4.05. The Morgan fingerprint density at radius 3 is 2.83 bits per heavy atom. The van der Waals surface area contributed by atoms with Crippen molar-refractivity contribution < 1.29 is 19.4 Å². The maximum atomic E-state index is 12.3. The van der Waals surface area contributed by atoms with Gasteiger partial charge in [-0.1, -0.05) is 32.8 Å². The van der Waals surface area contributed by atoms with E-state index in [9.17, 15) is 9.90 Å². The number of hydrogen-bond donors (Lipinski definition) is 2. The highest BCUT2D eigenvalue weighted by atomic mass is 16.5. The largest absolute Gasteiger partial charge is 0.507 e. The van der Waals surface area contributed by atoms with Crippen molar-refractivity contribution in [2.45, 2.75) is 39.5 Å². The first-order valence-electron chi connectivity index (χ1n) is 8.09. The van der Waals surface area contributed by atoms with Crippen LogP contribution in [0, 0.1) is 5.92 Å². The zero-order valence-corrected chi connectivity index (χ0v) is 13.7. The predicted molar refractivity (Wildman–Crippen MR) is 89.1 cm³/mol. The maximum absolute atomic E-state index is 12.3. The molecule has 0 fully saturated rings. The second kappa shape index (κ2) is 8.02. The van der Waals surface area contributed by atoms with Crippen molar-refractivity contribution in [3.63, 3.8) is 0 Å². The first-order valence-corrected chi connectivity index (χ1v) is 8.09. The van der Waals surface area contributed by atoms with Crippen LogP contribution in [0.15, 0.2) is 27.4 Å². The minimum atomic E-state index is -0.517. The number of benzene rings is 1. The van der Waals surface area contributed by atoms with E-state index in [0.717, 1.165) is 12.8 Å². The van der Waals surface area contributed by atoms with Gasteiger partial charge in [0.25, 0.3) is 0 Å². The summed E-state index contributed by atoms with van der Waals surface area (Å²) in [6, 6.07) is 5.14. The van der Waals surface area contributed by atoms with E-state index in [0.29, 0.717) is 42.1 Å². The van der Waals surface area contributed by atoms with E-state index in [1.54, 1.807) is 18.2 Å². The lowest BCUT2D eigenvalue weighted by Gasteiger charge is -2.13. The lowest BCUT2D eigenvalue weighted by molar-refractivity contribution is 0.233. The van der Waals surface area contributed by atoms with Gasteiger partial charge in [0.05, 0.1) is 17.6 Å². The van der Waals surface area contributed by atoms with Crippen LogP contribution in [0.3, 0.4) is 0 Å². The average Bonchev–Trinajstić information content (AvgIpc) is 2.52. The van der Waals surface area contributed by atoms with Crippen LogP contribution in [0.25, 0.3) is 11.0 Å². The summed E-state index contributed by atoms with van der Waals surface area (Å²) in [7, 11) is 0. The molecular formula is C18H24O5. The van der Waals surface area contributed by atoms with E-state index in [1.807, 2.05) is 0 Å². The zero-order valence-electron chi connectivity index (χ0n) is 13.7. The maximum Gasteiger partial charge on any atom is 0.343 e. The molecule has 0 aliphatic carbocycles. The molecule has 0 amide bonds. The van der Waals surface area contributed by atoms with E-state index in [2.05, 4.69) is 13.8 Å². The number of rotatable bonds is 8. The molecule has 5 heteroatoms. The average molecular weight is 320 g/mol. The first-order chi connectivity index (χ1) is 11.1. The number of hydrogen-bond acceptors (Lipinski definition) is 5. The lowest BCUT2D eigenvalue weighted by Crippen LogP contribution is -2.12. The Labute approximate surface area is 135 Å². The second-order valence-electron chi connectivity index (χ2n) is 5.87. The van der Waals surface area contributed by atoms with Crippen LogP contribution in [-0.4, -0.2) is 23.4 Å². The van der Waals surface area contributed by atoms with Crippen LogP contribution in [0.1, 0.15) is 38.7 Å². The molecule has 1 aromatic carbocycles. The highest BCUT2D eigenvalue weighted by molar-refractivity contribution is 5.88. The molecule has 2 N–H and O–H groups in total. The summed E-state index contributed by atoms with van der Waals surface area (Å²) in [5.41, 5.74) is 0.0574. The Balaban J connectivity index is 2.41. The van der Waals surface area contributed by atoms with Gasteiger partial charge in [-0.15, -0.1) is 0 Å². The summed E-state index contributed by atoms with van der Waals surface area (Å²) < 4.78 is 10.9. The quantitative estimate of drug-likeness (QED) is 0.576. The minimum Gasteiger partial charge on any atom is -0.507 e. The Morgan fingerprint density at radius 2 is 2.13 bits per heavy atom. The molecule has 0 aliphatic rings. The fourth-order valence-corrected chi connectivity index (χ4v) is 2.70. The molecular weight excluding hydrogens is 296 g/mol. The van der Waals surface area contributed by atoms with Gasteiger partial charge in [0.15, 0.2) is 11.3 Å². The van der Waals surface area contributed by atoms with Crippen LogP contribution in [-0.2, 0) is 6.42 Å². The molecule has 0 radical (unpaired) electrons. The summed E-state index contributed by atoms with van der Waals surface area (Å²) in [5, 5.41) is 19.8. The van der Waals surface area contributed by atoms with Gasteiger partial charge in [-0.3, -0.25) is 0 Å². The number of aliphatic hydroxyl groups is 1. The predicted octanol–water partition coefficient (Wildman–Crippen LogP) is 3.24. The molecule has 0 aliphatic heterocycles. The molecule has 23 heavy (non-hydrogen) atoms. The molecule has 0 saturated heterocycles. The van der Waals surface area contributed by atoms with Crippen molar-refractivity contribution in [3.05, 3.63) is 34.2 Å². The third-order valence-electron chi connectivity index (χ3n) is 3.86. The van der Waals surface area contributed by atoms with E-state index in [1.165, 1.54) is 0 Å². The van der Waals surface area contributed by atoms with Crippen LogP contribution in [0.5, 0.6) is 11.5 Å².